The van der Waals surface area contributed by atoms with Crippen LogP contribution < -0.4 is 10.4 Å². The van der Waals surface area contributed by atoms with Crippen molar-refractivity contribution in [3.05, 3.63) is 52.6 Å². The molecule has 1 aliphatic heterocycles. The van der Waals surface area contributed by atoms with Gasteiger partial charge in [0.15, 0.2) is 5.84 Å². The average molecular weight is 435 g/mol. The van der Waals surface area contributed by atoms with E-state index in [1.165, 1.54) is 31.0 Å². The summed E-state index contributed by atoms with van der Waals surface area (Å²) in [6.45, 7) is 3.74. The number of likely N-dealkylation sites (tertiary alicyclic amines) is 1. The molecule has 1 aliphatic rings. The molecule has 10 heteroatoms. The molecule has 0 atom stereocenters. The maximum atomic E-state index is 14.2. The van der Waals surface area contributed by atoms with Gasteiger partial charge in [-0.15, -0.1) is 0 Å². The van der Waals surface area contributed by atoms with Crippen molar-refractivity contribution in [3.63, 3.8) is 0 Å². The van der Waals surface area contributed by atoms with Crippen molar-refractivity contribution >= 4 is 40.1 Å². The summed E-state index contributed by atoms with van der Waals surface area (Å²) in [5.41, 5.74) is 0.876. The number of anilines is 2. The Kier molecular flexibility index (Phi) is 5.85. The second-order valence-electron chi connectivity index (χ2n) is 7.17. The number of nitrogens with zero attached hydrogens (tertiary/aromatic N) is 3. The van der Waals surface area contributed by atoms with Gasteiger partial charge in [0, 0.05) is 18.7 Å². The van der Waals surface area contributed by atoms with E-state index in [1.54, 1.807) is 0 Å². The highest BCUT2D eigenvalue weighted by Gasteiger charge is 2.20. The number of hydrogen-bond acceptors (Lipinski definition) is 5. The van der Waals surface area contributed by atoms with Gasteiger partial charge in [-0.1, -0.05) is 11.6 Å². The molecule has 0 saturated carbocycles. The van der Waals surface area contributed by atoms with Crippen LogP contribution in [0.1, 0.15) is 18.4 Å². The molecule has 0 radical (unpaired) electrons. The van der Waals surface area contributed by atoms with E-state index in [0.717, 1.165) is 31.8 Å². The van der Waals surface area contributed by atoms with Gasteiger partial charge in [-0.2, -0.15) is 0 Å². The Morgan fingerprint density at radius 3 is 2.77 bits per heavy atom. The predicted octanol–water partition coefficient (Wildman–Crippen LogP) is 4.22. The monoisotopic (exact) mass is 434 g/mol. The number of aromatic amines is 1. The molecule has 1 fully saturated rings. The Morgan fingerprint density at radius 1 is 1.27 bits per heavy atom. The highest BCUT2D eigenvalue weighted by molar-refractivity contribution is 6.31. The highest BCUT2D eigenvalue weighted by Crippen LogP contribution is 2.26. The summed E-state index contributed by atoms with van der Waals surface area (Å²) in [5, 5.41) is 22.2. The molecule has 4 rings (SSSR count). The molecule has 158 valence electrons. The van der Waals surface area contributed by atoms with E-state index in [9.17, 15) is 14.0 Å². The van der Waals surface area contributed by atoms with Crippen LogP contribution in [0.2, 0.25) is 5.02 Å². The second-order valence-corrected chi connectivity index (χ2v) is 7.58. The van der Waals surface area contributed by atoms with Gasteiger partial charge in [-0.25, -0.2) is 18.8 Å². The number of imidazole rings is 1. The smallest absolute Gasteiger partial charge is 0.201 e. The largest absolute Gasteiger partial charge is 0.355 e. The third kappa shape index (κ3) is 4.23. The van der Waals surface area contributed by atoms with Gasteiger partial charge in [-0.05, 0) is 56.3 Å². The molecule has 2 aromatic carbocycles. The van der Waals surface area contributed by atoms with Crippen LogP contribution in [0.25, 0.3) is 11.0 Å². The Morgan fingerprint density at radius 2 is 2.03 bits per heavy atom. The SMILES string of the molecule is N=C(c1cc(F)cc2[nH]c(NCCN3CCCC3)nc12)N(O)c1ccc(F)c(Cl)c1. The Balaban J connectivity index is 1.56. The summed E-state index contributed by atoms with van der Waals surface area (Å²) in [4.78, 5) is 9.79. The standard InChI is InChI=1S/C20H21ClF2N6O/c21-15-11-13(3-4-16(15)23)29(30)19(24)14-9-12(22)10-17-18(14)27-20(26-17)25-5-8-28-6-1-2-7-28/h3-4,9-11,24,30H,1-2,5-8H2,(H2,25,26,27). The zero-order chi connectivity index (χ0) is 21.3. The molecule has 30 heavy (non-hydrogen) atoms. The van der Waals surface area contributed by atoms with Crippen LogP contribution in [0.4, 0.5) is 20.4 Å². The van der Waals surface area contributed by atoms with Gasteiger partial charge in [0.2, 0.25) is 5.95 Å². The number of hydrogen-bond donors (Lipinski definition) is 4. The van der Waals surface area contributed by atoms with Gasteiger partial charge in [0.25, 0.3) is 0 Å². The number of hydroxylamine groups is 1. The number of amidine groups is 1. The Bertz CT molecular complexity index is 1080. The van der Waals surface area contributed by atoms with Gasteiger partial charge < -0.3 is 15.2 Å². The molecule has 0 amide bonds. The van der Waals surface area contributed by atoms with Gasteiger partial charge in [0.1, 0.15) is 17.2 Å². The van der Waals surface area contributed by atoms with Gasteiger partial charge >= 0.3 is 0 Å². The molecule has 7 nitrogen and oxygen atoms in total. The fourth-order valence-electron chi connectivity index (χ4n) is 3.55. The number of benzene rings is 2. The number of nitrogens with one attached hydrogen (secondary N) is 3. The van der Waals surface area contributed by atoms with Gasteiger partial charge in [-0.3, -0.25) is 10.6 Å². The summed E-state index contributed by atoms with van der Waals surface area (Å²) in [7, 11) is 0. The lowest BCUT2D eigenvalue weighted by molar-refractivity contribution is 0.312. The van der Waals surface area contributed by atoms with E-state index in [1.807, 2.05) is 0 Å². The van der Waals surface area contributed by atoms with Crippen molar-refractivity contribution in [3.8, 4) is 0 Å². The maximum Gasteiger partial charge on any atom is 0.201 e. The van der Waals surface area contributed by atoms with Crippen LogP contribution in [0.15, 0.2) is 30.3 Å². The maximum absolute atomic E-state index is 14.2. The fraction of sp³-hybridized carbons (Fsp3) is 0.300. The first-order chi connectivity index (χ1) is 14.4. The minimum absolute atomic E-state index is 0.0725. The second kappa shape index (κ2) is 8.55. The van der Waals surface area contributed by atoms with E-state index >= 15 is 0 Å². The molecule has 0 aliphatic carbocycles. The number of H-pyrrole nitrogens is 1. The van der Waals surface area contributed by atoms with Crippen molar-refractivity contribution < 1.29 is 14.0 Å². The van der Waals surface area contributed by atoms with E-state index in [0.29, 0.717) is 28.6 Å². The lowest BCUT2D eigenvalue weighted by Crippen LogP contribution is -2.27. The van der Waals surface area contributed by atoms with E-state index < -0.39 is 17.5 Å². The number of fused-ring (bicyclic) bond motifs is 1. The number of halogens is 3. The zero-order valence-corrected chi connectivity index (χ0v) is 16.8. The van der Waals surface area contributed by atoms with Crippen LogP contribution in [0.5, 0.6) is 0 Å². The molecular weight excluding hydrogens is 414 g/mol. The fourth-order valence-corrected chi connectivity index (χ4v) is 3.72. The first kappa shape index (κ1) is 20.5. The van der Waals surface area contributed by atoms with Crippen molar-refractivity contribution in [2.45, 2.75) is 12.8 Å². The summed E-state index contributed by atoms with van der Waals surface area (Å²) in [6, 6.07) is 5.92. The molecular formula is C20H21ClF2N6O. The van der Waals surface area contributed by atoms with Crippen molar-refractivity contribution in [2.75, 3.05) is 36.6 Å². The first-order valence-corrected chi connectivity index (χ1v) is 9.98. The molecule has 0 bridgehead atoms. The van der Waals surface area contributed by atoms with Crippen molar-refractivity contribution in [2.24, 2.45) is 0 Å². The lowest BCUT2D eigenvalue weighted by Gasteiger charge is -2.18. The molecule has 0 unspecified atom stereocenters. The highest BCUT2D eigenvalue weighted by atomic mass is 35.5. The van der Waals surface area contributed by atoms with Crippen LogP contribution in [0, 0.1) is 17.0 Å². The van der Waals surface area contributed by atoms with Crippen molar-refractivity contribution in [1.82, 2.24) is 14.9 Å². The molecule has 0 spiro atoms. The quantitative estimate of drug-likeness (QED) is 0.265. The third-order valence-electron chi connectivity index (χ3n) is 5.09. The number of aromatic nitrogens is 2. The van der Waals surface area contributed by atoms with Gasteiger partial charge in [0.05, 0.1) is 16.2 Å². The Hall–Kier alpha value is -2.75. The Labute approximate surface area is 176 Å². The summed E-state index contributed by atoms with van der Waals surface area (Å²) in [6.07, 6.45) is 2.43. The van der Waals surface area contributed by atoms with E-state index in [-0.39, 0.29) is 16.3 Å². The first-order valence-electron chi connectivity index (χ1n) is 9.61. The summed E-state index contributed by atoms with van der Waals surface area (Å²) in [5.74, 6) is -1.19. The van der Waals surface area contributed by atoms with Crippen LogP contribution in [0.3, 0.4) is 0 Å². The predicted molar refractivity (Wildman–Crippen MR) is 113 cm³/mol. The zero-order valence-electron chi connectivity index (χ0n) is 16.1. The van der Waals surface area contributed by atoms with E-state index in [2.05, 4.69) is 20.2 Å². The van der Waals surface area contributed by atoms with Crippen molar-refractivity contribution in [1.29, 1.82) is 5.41 Å². The summed E-state index contributed by atoms with van der Waals surface area (Å²) >= 11 is 5.76. The molecule has 2 heterocycles. The average Bonchev–Trinajstić information content (AvgIpc) is 3.38. The molecule has 4 N–H and O–H groups in total. The molecule has 1 saturated heterocycles. The lowest BCUT2D eigenvalue weighted by atomic mass is 10.1. The van der Waals surface area contributed by atoms with E-state index in [4.69, 9.17) is 17.0 Å². The molecule has 3 aromatic rings. The minimum atomic E-state index is -0.648. The summed E-state index contributed by atoms with van der Waals surface area (Å²) < 4.78 is 27.6. The number of rotatable bonds is 6. The minimum Gasteiger partial charge on any atom is -0.355 e. The van der Waals surface area contributed by atoms with Crippen LogP contribution in [-0.2, 0) is 0 Å². The molecule has 1 aromatic heterocycles. The topological polar surface area (TPSA) is 91.3 Å². The third-order valence-corrected chi connectivity index (χ3v) is 5.37. The van der Waals surface area contributed by atoms with Crippen LogP contribution in [-0.4, -0.2) is 52.1 Å². The van der Waals surface area contributed by atoms with Crippen LogP contribution >= 0.6 is 11.6 Å². The normalized spacial score (nSPS) is 14.4.